The van der Waals surface area contributed by atoms with Crippen molar-refractivity contribution in [2.75, 3.05) is 25.2 Å². The van der Waals surface area contributed by atoms with Crippen LogP contribution in [-0.4, -0.2) is 43.2 Å². The number of thiophene rings is 1. The molecule has 0 bridgehead atoms. The number of aromatic nitrogens is 4. The van der Waals surface area contributed by atoms with E-state index in [9.17, 15) is 4.21 Å². The molecule has 7 nitrogen and oxygen atoms in total. The standard InChI is InChI=1S/C18H19N5O2S3/c1-23-10-20-9-13(23)11-8-12(16-21-4-6-26-16)22-17-14(11)15(19)18(27-17)28(24)7-3-5-25-2/h4,6,8-10H,3,5,7,19H2,1-2H3. The van der Waals surface area contributed by atoms with E-state index in [2.05, 4.69) is 9.97 Å². The molecule has 4 aromatic heterocycles. The van der Waals surface area contributed by atoms with E-state index in [0.717, 1.165) is 32.2 Å². The number of aryl methyl sites for hydroxylation is 1. The lowest BCUT2D eigenvalue weighted by atomic mass is 10.1. The number of rotatable bonds is 7. The maximum atomic E-state index is 12.8. The van der Waals surface area contributed by atoms with Crippen molar-refractivity contribution in [3.63, 3.8) is 0 Å². The monoisotopic (exact) mass is 433 g/mol. The van der Waals surface area contributed by atoms with Crippen LogP contribution in [0.2, 0.25) is 0 Å². The first-order valence-corrected chi connectivity index (χ1v) is 11.6. The lowest BCUT2D eigenvalue weighted by molar-refractivity contribution is 0.200. The quantitative estimate of drug-likeness (QED) is 0.448. The SMILES string of the molecule is COCCCS(=O)c1sc2nc(-c3nccs3)cc(-c3cncn3C)c2c1N. The lowest BCUT2D eigenvalue weighted by Crippen LogP contribution is -2.02. The minimum absolute atomic E-state index is 0.505. The van der Waals surface area contributed by atoms with Crippen LogP contribution in [0.3, 0.4) is 0 Å². The summed E-state index contributed by atoms with van der Waals surface area (Å²) in [7, 11) is 2.38. The third kappa shape index (κ3) is 3.48. The minimum Gasteiger partial charge on any atom is -0.396 e. The second-order valence-electron chi connectivity index (χ2n) is 6.16. The molecule has 10 heteroatoms. The molecule has 0 radical (unpaired) electrons. The summed E-state index contributed by atoms with van der Waals surface area (Å²) in [4.78, 5) is 14.2. The predicted octanol–water partition coefficient (Wildman–Crippen LogP) is 3.55. The fourth-order valence-electron chi connectivity index (χ4n) is 2.98. The average Bonchev–Trinajstić information content (AvgIpc) is 3.42. The molecule has 0 saturated carbocycles. The Morgan fingerprint density at radius 1 is 1.39 bits per heavy atom. The van der Waals surface area contributed by atoms with Crippen LogP contribution < -0.4 is 5.73 Å². The van der Waals surface area contributed by atoms with Gasteiger partial charge in [0.25, 0.3) is 0 Å². The maximum Gasteiger partial charge on any atom is 0.141 e. The number of ether oxygens (including phenoxy) is 1. The minimum atomic E-state index is -1.19. The van der Waals surface area contributed by atoms with Gasteiger partial charge in [-0.3, -0.25) is 4.21 Å². The number of thiazole rings is 1. The number of nitrogen functional groups attached to an aromatic ring is 1. The number of nitrogens with two attached hydrogens (primary N) is 1. The van der Waals surface area contributed by atoms with Crippen LogP contribution in [-0.2, 0) is 22.6 Å². The molecule has 2 N–H and O–H groups in total. The molecule has 4 heterocycles. The van der Waals surface area contributed by atoms with Gasteiger partial charge in [-0.05, 0) is 12.5 Å². The van der Waals surface area contributed by atoms with Gasteiger partial charge >= 0.3 is 0 Å². The Morgan fingerprint density at radius 3 is 2.93 bits per heavy atom. The summed E-state index contributed by atoms with van der Waals surface area (Å²) in [5, 5.41) is 3.58. The van der Waals surface area contributed by atoms with E-state index in [1.54, 1.807) is 25.8 Å². The summed E-state index contributed by atoms with van der Waals surface area (Å²) >= 11 is 2.92. The molecular formula is C18H19N5O2S3. The highest BCUT2D eigenvalue weighted by Crippen LogP contribution is 2.42. The van der Waals surface area contributed by atoms with E-state index in [4.69, 9.17) is 15.5 Å². The van der Waals surface area contributed by atoms with Crippen molar-refractivity contribution in [2.24, 2.45) is 7.05 Å². The van der Waals surface area contributed by atoms with Gasteiger partial charge in [-0.2, -0.15) is 0 Å². The fourth-order valence-corrected chi connectivity index (χ4v) is 6.20. The average molecular weight is 434 g/mol. The van der Waals surface area contributed by atoms with Crippen LogP contribution >= 0.6 is 22.7 Å². The molecule has 4 rings (SSSR count). The summed E-state index contributed by atoms with van der Waals surface area (Å²) < 4.78 is 20.5. The third-order valence-electron chi connectivity index (χ3n) is 4.29. The van der Waals surface area contributed by atoms with Crippen LogP contribution in [0.25, 0.3) is 32.2 Å². The normalized spacial score (nSPS) is 12.6. The Labute approximate surface area is 172 Å². The first-order valence-electron chi connectivity index (χ1n) is 8.57. The van der Waals surface area contributed by atoms with E-state index in [1.807, 2.05) is 23.1 Å². The van der Waals surface area contributed by atoms with Crippen molar-refractivity contribution in [2.45, 2.75) is 10.6 Å². The van der Waals surface area contributed by atoms with Crippen LogP contribution in [0.5, 0.6) is 0 Å². The number of pyridine rings is 1. The van der Waals surface area contributed by atoms with Gasteiger partial charge in [0.1, 0.15) is 19.7 Å². The Balaban J connectivity index is 1.89. The van der Waals surface area contributed by atoms with Gasteiger partial charge < -0.3 is 15.0 Å². The van der Waals surface area contributed by atoms with Crippen LogP contribution in [0.15, 0.2) is 34.4 Å². The molecule has 0 aromatic carbocycles. The number of imidazole rings is 1. The van der Waals surface area contributed by atoms with Crippen LogP contribution in [0.4, 0.5) is 5.69 Å². The van der Waals surface area contributed by atoms with Crippen molar-refractivity contribution in [3.8, 4) is 22.0 Å². The fraction of sp³-hybridized carbons (Fsp3) is 0.278. The van der Waals surface area contributed by atoms with Crippen molar-refractivity contribution < 1.29 is 8.95 Å². The molecule has 0 spiro atoms. The Morgan fingerprint density at radius 2 is 2.25 bits per heavy atom. The predicted molar refractivity (Wildman–Crippen MR) is 115 cm³/mol. The zero-order valence-electron chi connectivity index (χ0n) is 15.4. The van der Waals surface area contributed by atoms with E-state index in [1.165, 1.54) is 22.7 Å². The molecule has 146 valence electrons. The largest absolute Gasteiger partial charge is 0.396 e. The summed E-state index contributed by atoms with van der Waals surface area (Å²) in [6.07, 6.45) is 6.02. The van der Waals surface area contributed by atoms with Gasteiger partial charge in [0.05, 0.1) is 34.7 Å². The second kappa shape index (κ2) is 8.08. The third-order valence-corrected chi connectivity index (χ3v) is 8.08. The van der Waals surface area contributed by atoms with Gasteiger partial charge in [-0.15, -0.1) is 22.7 Å². The highest BCUT2D eigenvalue weighted by atomic mass is 32.2. The summed E-state index contributed by atoms with van der Waals surface area (Å²) in [6, 6.07) is 1.99. The number of hydrogen-bond donors (Lipinski definition) is 1. The van der Waals surface area contributed by atoms with E-state index in [-0.39, 0.29) is 0 Å². The maximum absolute atomic E-state index is 12.8. The first-order chi connectivity index (χ1) is 13.6. The highest BCUT2D eigenvalue weighted by Gasteiger charge is 2.22. The number of anilines is 1. The highest BCUT2D eigenvalue weighted by molar-refractivity contribution is 7.87. The second-order valence-corrected chi connectivity index (χ2v) is 9.82. The summed E-state index contributed by atoms with van der Waals surface area (Å²) in [5.41, 5.74) is 9.62. The molecule has 0 fully saturated rings. The smallest absolute Gasteiger partial charge is 0.141 e. The molecule has 1 atom stereocenters. The van der Waals surface area contributed by atoms with Gasteiger partial charge in [-0.25, -0.2) is 15.0 Å². The number of nitrogens with zero attached hydrogens (tertiary/aromatic N) is 4. The number of fused-ring (bicyclic) bond motifs is 1. The van der Waals surface area contributed by atoms with Gasteiger partial charge in [-0.1, -0.05) is 0 Å². The molecule has 0 aliphatic heterocycles. The lowest BCUT2D eigenvalue weighted by Gasteiger charge is -2.08. The van der Waals surface area contributed by atoms with Crippen molar-refractivity contribution in [1.29, 1.82) is 0 Å². The molecule has 1 unspecified atom stereocenters. The molecule has 0 amide bonds. The number of hydrogen-bond acceptors (Lipinski definition) is 8. The molecule has 28 heavy (non-hydrogen) atoms. The van der Waals surface area contributed by atoms with E-state index in [0.29, 0.717) is 28.7 Å². The van der Waals surface area contributed by atoms with Gasteiger partial charge in [0, 0.05) is 49.0 Å². The van der Waals surface area contributed by atoms with Crippen molar-refractivity contribution >= 4 is 49.4 Å². The molecule has 0 aliphatic carbocycles. The van der Waals surface area contributed by atoms with Gasteiger partial charge in [0.2, 0.25) is 0 Å². The van der Waals surface area contributed by atoms with Crippen molar-refractivity contribution in [1.82, 2.24) is 19.5 Å². The molecule has 4 aromatic rings. The topological polar surface area (TPSA) is 95.9 Å². The van der Waals surface area contributed by atoms with E-state index >= 15 is 0 Å². The summed E-state index contributed by atoms with van der Waals surface area (Å²) in [5.74, 6) is 0.505. The Kier molecular flexibility index (Phi) is 5.54. The number of methoxy groups -OCH3 is 1. The Bertz CT molecular complexity index is 1130. The molecule has 0 aliphatic rings. The zero-order chi connectivity index (χ0) is 19.7. The molecule has 0 saturated heterocycles. The first kappa shape index (κ1) is 19.2. The van der Waals surface area contributed by atoms with Gasteiger partial charge in [0.15, 0.2) is 0 Å². The Hall–Kier alpha value is -2.14. The van der Waals surface area contributed by atoms with E-state index < -0.39 is 10.8 Å². The molecular weight excluding hydrogens is 414 g/mol. The van der Waals surface area contributed by atoms with Crippen LogP contribution in [0.1, 0.15) is 6.42 Å². The van der Waals surface area contributed by atoms with Crippen molar-refractivity contribution in [3.05, 3.63) is 30.2 Å². The zero-order valence-corrected chi connectivity index (χ0v) is 17.9. The van der Waals surface area contributed by atoms with Crippen LogP contribution in [0, 0.1) is 0 Å². The summed E-state index contributed by atoms with van der Waals surface area (Å²) in [6.45, 7) is 0.573.